The molecule has 3 nitrogen and oxygen atoms in total. The van der Waals surface area contributed by atoms with Gasteiger partial charge in [-0.1, -0.05) is 42.5 Å². The molecule has 1 aliphatic heterocycles. The van der Waals surface area contributed by atoms with Crippen LogP contribution in [0.15, 0.2) is 42.5 Å². The minimum atomic E-state index is -0.209. The number of carbonyl (C=O) groups excluding carboxylic acids is 1. The number of fused-ring (bicyclic) bond motifs is 1. The van der Waals surface area contributed by atoms with Gasteiger partial charge in [-0.05, 0) is 29.2 Å². The van der Waals surface area contributed by atoms with E-state index in [9.17, 15) is 4.79 Å². The second-order valence-electron chi connectivity index (χ2n) is 5.18. The number of hydrazine groups is 1. The summed E-state index contributed by atoms with van der Waals surface area (Å²) in [6, 6.07) is 14.4. The molecule has 0 aliphatic carbocycles. The first-order valence-electron chi connectivity index (χ1n) is 6.75. The highest BCUT2D eigenvalue weighted by molar-refractivity contribution is 5.86. The number of nitrogens with zero attached hydrogens (tertiary/aromatic N) is 1. The number of hydrogen-bond acceptors (Lipinski definition) is 3. The predicted molar refractivity (Wildman–Crippen MR) is 76.7 cm³/mol. The van der Waals surface area contributed by atoms with E-state index in [0.29, 0.717) is 0 Å². The summed E-state index contributed by atoms with van der Waals surface area (Å²) in [5.41, 5.74) is 1.24. The van der Waals surface area contributed by atoms with Crippen molar-refractivity contribution in [2.75, 3.05) is 6.54 Å². The Kier molecular flexibility index (Phi) is 3.32. The zero-order valence-electron chi connectivity index (χ0n) is 10.8. The molecular formula is C16H18N2O. The summed E-state index contributed by atoms with van der Waals surface area (Å²) in [7, 11) is 0. The van der Waals surface area contributed by atoms with Crippen molar-refractivity contribution in [2.24, 2.45) is 5.84 Å². The van der Waals surface area contributed by atoms with Crippen LogP contribution in [0.1, 0.15) is 24.3 Å². The number of rotatable bonds is 2. The fraction of sp³-hybridized carbons (Fsp3) is 0.312. The first-order valence-corrected chi connectivity index (χ1v) is 6.75. The lowest BCUT2D eigenvalue weighted by Gasteiger charge is -2.36. The summed E-state index contributed by atoms with van der Waals surface area (Å²) in [6.07, 6.45) is 3.05. The second-order valence-corrected chi connectivity index (χ2v) is 5.18. The lowest BCUT2D eigenvalue weighted by atomic mass is 9.82. The molecule has 2 atom stereocenters. The van der Waals surface area contributed by atoms with Crippen molar-refractivity contribution >= 4 is 17.1 Å². The Hall–Kier alpha value is -1.71. The first-order chi connectivity index (χ1) is 9.31. The third kappa shape index (κ3) is 2.15. The van der Waals surface area contributed by atoms with Gasteiger partial charge in [0, 0.05) is 12.5 Å². The highest BCUT2D eigenvalue weighted by atomic mass is 16.1. The van der Waals surface area contributed by atoms with Crippen molar-refractivity contribution in [1.29, 1.82) is 0 Å². The zero-order valence-corrected chi connectivity index (χ0v) is 10.8. The monoisotopic (exact) mass is 254 g/mol. The summed E-state index contributed by atoms with van der Waals surface area (Å²) >= 11 is 0. The number of benzene rings is 2. The highest BCUT2D eigenvalue weighted by Crippen LogP contribution is 2.34. The predicted octanol–water partition coefficient (Wildman–Crippen LogP) is 2.46. The zero-order chi connectivity index (χ0) is 13.2. The van der Waals surface area contributed by atoms with Gasteiger partial charge in [0.1, 0.15) is 6.29 Å². The maximum atomic E-state index is 11.4. The summed E-state index contributed by atoms with van der Waals surface area (Å²) in [4.78, 5) is 11.4. The Morgan fingerprint density at radius 2 is 1.95 bits per heavy atom. The van der Waals surface area contributed by atoms with Crippen molar-refractivity contribution < 1.29 is 4.79 Å². The van der Waals surface area contributed by atoms with Crippen LogP contribution in [0, 0.1) is 0 Å². The summed E-state index contributed by atoms with van der Waals surface area (Å²) in [6.45, 7) is 0.796. The minimum absolute atomic E-state index is 0.197. The highest BCUT2D eigenvalue weighted by Gasteiger charge is 2.31. The van der Waals surface area contributed by atoms with E-state index < -0.39 is 0 Å². The quantitative estimate of drug-likeness (QED) is 0.661. The average molecular weight is 254 g/mol. The molecule has 2 aromatic carbocycles. The summed E-state index contributed by atoms with van der Waals surface area (Å²) < 4.78 is 0. The standard InChI is InChI=1S/C16H18N2O/c17-18-10-4-9-15(16(18)11-19)14-8-3-6-12-5-1-2-7-13(12)14/h1-3,5-8,11,15-16H,4,9-10,17H2. The van der Waals surface area contributed by atoms with Gasteiger partial charge in [-0.3, -0.25) is 5.84 Å². The normalized spacial score (nSPS) is 24.5. The first kappa shape index (κ1) is 12.3. The maximum absolute atomic E-state index is 11.4. The van der Waals surface area contributed by atoms with Crippen LogP contribution >= 0.6 is 0 Å². The molecular weight excluding hydrogens is 236 g/mol. The third-order valence-corrected chi connectivity index (χ3v) is 4.09. The number of nitrogens with two attached hydrogens (primary N) is 1. The Morgan fingerprint density at radius 1 is 1.16 bits per heavy atom. The van der Waals surface area contributed by atoms with E-state index in [-0.39, 0.29) is 12.0 Å². The van der Waals surface area contributed by atoms with Gasteiger partial charge in [0.25, 0.3) is 0 Å². The van der Waals surface area contributed by atoms with Gasteiger partial charge < -0.3 is 4.79 Å². The Balaban J connectivity index is 2.10. The van der Waals surface area contributed by atoms with Gasteiger partial charge in [-0.2, -0.15) is 0 Å². The van der Waals surface area contributed by atoms with Gasteiger partial charge in [-0.25, -0.2) is 5.01 Å². The van der Waals surface area contributed by atoms with E-state index in [2.05, 4.69) is 30.3 Å². The number of hydrogen-bond donors (Lipinski definition) is 1. The van der Waals surface area contributed by atoms with Crippen LogP contribution < -0.4 is 5.84 Å². The summed E-state index contributed by atoms with van der Waals surface area (Å²) in [5, 5.41) is 4.14. The van der Waals surface area contributed by atoms with Crippen LogP contribution in [0.4, 0.5) is 0 Å². The van der Waals surface area contributed by atoms with Crippen molar-refractivity contribution in [3.8, 4) is 0 Å². The Labute approximate surface area is 113 Å². The molecule has 0 spiro atoms. The maximum Gasteiger partial charge on any atom is 0.139 e. The average Bonchev–Trinajstić information content (AvgIpc) is 2.46. The molecule has 19 heavy (non-hydrogen) atoms. The molecule has 2 N–H and O–H groups in total. The van der Waals surface area contributed by atoms with Crippen LogP contribution in [-0.4, -0.2) is 23.9 Å². The third-order valence-electron chi connectivity index (χ3n) is 4.09. The second kappa shape index (κ2) is 5.11. The molecule has 2 unspecified atom stereocenters. The molecule has 1 heterocycles. The number of carbonyl (C=O) groups is 1. The van der Waals surface area contributed by atoms with Crippen LogP contribution in [0.5, 0.6) is 0 Å². The van der Waals surface area contributed by atoms with Gasteiger partial charge in [0.05, 0.1) is 6.04 Å². The fourth-order valence-electron chi connectivity index (χ4n) is 3.13. The summed E-state index contributed by atoms with van der Waals surface area (Å²) in [5.74, 6) is 6.16. The molecule has 3 heteroatoms. The molecule has 0 aromatic heterocycles. The molecule has 0 amide bonds. The SMILES string of the molecule is NN1CCCC(c2cccc3ccccc23)C1C=O. The smallest absolute Gasteiger partial charge is 0.139 e. The van der Waals surface area contributed by atoms with Crippen molar-refractivity contribution in [3.63, 3.8) is 0 Å². The topological polar surface area (TPSA) is 46.3 Å². The van der Waals surface area contributed by atoms with Crippen LogP contribution in [-0.2, 0) is 4.79 Å². The van der Waals surface area contributed by atoms with E-state index in [0.717, 1.165) is 25.7 Å². The minimum Gasteiger partial charge on any atom is -0.302 e. The van der Waals surface area contributed by atoms with Crippen molar-refractivity contribution in [3.05, 3.63) is 48.0 Å². The van der Waals surface area contributed by atoms with Gasteiger partial charge >= 0.3 is 0 Å². The van der Waals surface area contributed by atoms with Gasteiger partial charge in [-0.15, -0.1) is 0 Å². The largest absolute Gasteiger partial charge is 0.302 e. The van der Waals surface area contributed by atoms with Crippen LogP contribution in [0.3, 0.4) is 0 Å². The molecule has 3 rings (SSSR count). The lowest BCUT2D eigenvalue weighted by molar-refractivity contribution is -0.114. The van der Waals surface area contributed by atoms with E-state index in [1.807, 2.05) is 12.1 Å². The van der Waals surface area contributed by atoms with E-state index >= 15 is 0 Å². The van der Waals surface area contributed by atoms with E-state index in [1.165, 1.54) is 16.3 Å². The van der Waals surface area contributed by atoms with Gasteiger partial charge in [0.15, 0.2) is 0 Å². The fourth-order valence-corrected chi connectivity index (χ4v) is 3.13. The molecule has 0 saturated carbocycles. The van der Waals surface area contributed by atoms with Crippen LogP contribution in [0.2, 0.25) is 0 Å². The molecule has 98 valence electrons. The molecule has 2 aromatic rings. The molecule has 1 saturated heterocycles. The molecule has 1 aliphatic rings. The molecule has 0 bridgehead atoms. The van der Waals surface area contributed by atoms with Crippen molar-refractivity contribution in [1.82, 2.24) is 5.01 Å². The number of piperidine rings is 1. The van der Waals surface area contributed by atoms with Crippen LogP contribution in [0.25, 0.3) is 10.8 Å². The van der Waals surface area contributed by atoms with Gasteiger partial charge in [0.2, 0.25) is 0 Å². The molecule has 1 fully saturated rings. The Morgan fingerprint density at radius 3 is 2.79 bits per heavy atom. The number of aldehydes is 1. The van der Waals surface area contributed by atoms with E-state index in [1.54, 1.807) is 5.01 Å². The molecule has 0 radical (unpaired) electrons. The van der Waals surface area contributed by atoms with Crippen molar-refractivity contribution in [2.45, 2.75) is 24.8 Å². The Bertz CT molecular complexity index is 591. The van der Waals surface area contributed by atoms with E-state index in [4.69, 9.17) is 5.84 Å². The lowest BCUT2D eigenvalue weighted by Crippen LogP contribution is -2.49.